The zero-order valence-corrected chi connectivity index (χ0v) is 7.68. The Balaban J connectivity index is 2.32. The number of hydrogen-bond acceptors (Lipinski definition) is 3. The van der Waals surface area contributed by atoms with Crippen LogP contribution in [-0.2, 0) is 10.2 Å². The minimum Gasteiger partial charge on any atom is -0.327 e. The third-order valence-corrected chi connectivity index (χ3v) is 2.83. The van der Waals surface area contributed by atoms with Crippen LogP contribution in [0, 0.1) is 5.92 Å². The van der Waals surface area contributed by atoms with Gasteiger partial charge in [-0.05, 0) is 18.8 Å². The highest BCUT2D eigenvalue weighted by atomic mass is 32.2. The summed E-state index contributed by atoms with van der Waals surface area (Å²) in [6.45, 7) is 0.375. The van der Waals surface area contributed by atoms with Crippen LogP contribution in [0.15, 0.2) is 0 Å². The first-order chi connectivity index (χ1) is 5.49. The van der Waals surface area contributed by atoms with Crippen molar-refractivity contribution in [2.75, 3.05) is 6.54 Å². The van der Waals surface area contributed by atoms with Gasteiger partial charge in [0.05, 0.1) is 0 Å². The van der Waals surface area contributed by atoms with Crippen LogP contribution in [0.5, 0.6) is 0 Å². The summed E-state index contributed by atoms with van der Waals surface area (Å²) in [7, 11) is -3.54. The van der Waals surface area contributed by atoms with Crippen molar-refractivity contribution in [3.05, 3.63) is 0 Å². The Morgan fingerprint density at radius 3 is 2.50 bits per heavy atom. The van der Waals surface area contributed by atoms with Crippen LogP contribution < -0.4 is 15.6 Å². The Morgan fingerprint density at radius 2 is 2.08 bits per heavy atom. The molecule has 1 aliphatic carbocycles. The predicted octanol–water partition coefficient (Wildman–Crippen LogP) is -1.09. The summed E-state index contributed by atoms with van der Waals surface area (Å²) in [5.41, 5.74) is 5.73. The van der Waals surface area contributed by atoms with Gasteiger partial charge in [0, 0.05) is 12.6 Å². The maximum absolute atomic E-state index is 10.5. The standard InChI is InChI=1S/C6H15N3O2S/c7-6-3-1-2-5(6)4-9-12(8,10)11/h5-6,9H,1-4,7H2,(H2,8,10,11). The van der Waals surface area contributed by atoms with Gasteiger partial charge < -0.3 is 5.73 Å². The van der Waals surface area contributed by atoms with E-state index in [1.807, 2.05) is 0 Å². The Morgan fingerprint density at radius 1 is 1.42 bits per heavy atom. The molecule has 1 fully saturated rings. The van der Waals surface area contributed by atoms with Crippen LogP contribution in [0.4, 0.5) is 0 Å². The second-order valence-corrected chi connectivity index (χ2v) is 4.63. The van der Waals surface area contributed by atoms with Gasteiger partial charge in [-0.15, -0.1) is 0 Å². The lowest BCUT2D eigenvalue weighted by molar-refractivity contribution is 0.470. The van der Waals surface area contributed by atoms with Crippen LogP contribution in [0.3, 0.4) is 0 Å². The van der Waals surface area contributed by atoms with Crippen molar-refractivity contribution in [2.45, 2.75) is 25.3 Å². The monoisotopic (exact) mass is 193 g/mol. The minimum atomic E-state index is -3.54. The summed E-state index contributed by atoms with van der Waals surface area (Å²) in [6.07, 6.45) is 3.05. The smallest absolute Gasteiger partial charge is 0.274 e. The van der Waals surface area contributed by atoms with E-state index in [-0.39, 0.29) is 12.0 Å². The summed E-state index contributed by atoms with van der Waals surface area (Å²) < 4.78 is 23.3. The first-order valence-corrected chi connectivity index (χ1v) is 5.56. The van der Waals surface area contributed by atoms with Gasteiger partial charge in [-0.3, -0.25) is 0 Å². The Kier molecular flexibility index (Phi) is 3.05. The summed E-state index contributed by atoms with van der Waals surface area (Å²) in [5.74, 6) is 0.253. The first-order valence-electron chi connectivity index (χ1n) is 4.02. The molecule has 12 heavy (non-hydrogen) atoms. The Bertz CT molecular complexity index is 239. The average molecular weight is 193 g/mol. The fourth-order valence-electron chi connectivity index (χ4n) is 1.54. The van der Waals surface area contributed by atoms with E-state index >= 15 is 0 Å². The number of nitrogens with two attached hydrogens (primary N) is 2. The molecule has 2 atom stereocenters. The molecule has 0 radical (unpaired) electrons. The highest BCUT2D eigenvalue weighted by molar-refractivity contribution is 7.87. The molecule has 0 bridgehead atoms. The lowest BCUT2D eigenvalue weighted by Gasteiger charge is -2.14. The number of hydrogen-bond donors (Lipinski definition) is 3. The molecule has 5 N–H and O–H groups in total. The van der Waals surface area contributed by atoms with Crippen molar-refractivity contribution in [1.82, 2.24) is 4.72 Å². The maximum Gasteiger partial charge on any atom is 0.274 e. The van der Waals surface area contributed by atoms with Gasteiger partial charge in [-0.2, -0.15) is 8.42 Å². The molecular formula is C6H15N3O2S. The van der Waals surface area contributed by atoms with E-state index in [4.69, 9.17) is 10.9 Å². The zero-order chi connectivity index (χ0) is 9.19. The molecule has 1 saturated carbocycles. The van der Waals surface area contributed by atoms with Crippen molar-refractivity contribution in [3.63, 3.8) is 0 Å². The topological polar surface area (TPSA) is 98.2 Å². The third-order valence-electron chi connectivity index (χ3n) is 2.26. The van der Waals surface area contributed by atoms with Gasteiger partial charge in [0.2, 0.25) is 0 Å². The number of nitrogens with one attached hydrogen (secondary N) is 1. The van der Waals surface area contributed by atoms with Gasteiger partial charge in [-0.25, -0.2) is 9.86 Å². The van der Waals surface area contributed by atoms with E-state index in [1.54, 1.807) is 0 Å². The molecule has 0 spiro atoms. The summed E-state index contributed by atoms with van der Waals surface area (Å²) in [6, 6.07) is 0.124. The molecule has 5 nitrogen and oxygen atoms in total. The van der Waals surface area contributed by atoms with Crippen molar-refractivity contribution in [3.8, 4) is 0 Å². The summed E-state index contributed by atoms with van der Waals surface area (Å²) in [5, 5.41) is 4.78. The molecule has 1 aliphatic rings. The van der Waals surface area contributed by atoms with Crippen LogP contribution in [0.25, 0.3) is 0 Å². The lowest BCUT2D eigenvalue weighted by atomic mass is 10.1. The van der Waals surface area contributed by atoms with Crippen LogP contribution >= 0.6 is 0 Å². The second kappa shape index (κ2) is 3.69. The Labute approximate surface area is 72.7 Å². The van der Waals surface area contributed by atoms with E-state index in [2.05, 4.69) is 4.72 Å². The minimum absolute atomic E-state index is 0.124. The molecule has 1 rings (SSSR count). The fourth-order valence-corrected chi connectivity index (χ4v) is 1.99. The van der Waals surface area contributed by atoms with Gasteiger partial charge in [0.1, 0.15) is 0 Å². The third kappa shape index (κ3) is 3.06. The van der Waals surface area contributed by atoms with Gasteiger partial charge in [0.15, 0.2) is 0 Å². The Hall–Kier alpha value is -0.170. The average Bonchev–Trinajstić information content (AvgIpc) is 2.29. The van der Waals surface area contributed by atoms with Crippen LogP contribution in [0.2, 0.25) is 0 Å². The van der Waals surface area contributed by atoms with Crippen LogP contribution in [0.1, 0.15) is 19.3 Å². The molecule has 72 valence electrons. The second-order valence-electron chi connectivity index (χ2n) is 3.25. The van der Waals surface area contributed by atoms with Gasteiger partial charge in [-0.1, -0.05) is 6.42 Å². The van der Waals surface area contributed by atoms with Crippen molar-refractivity contribution in [2.24, 2.45) is 16.8 Å². The quantitative estimate of drug-likeness (QED) is 0.531. The molecule has 6 heteroatoms. The fraction of sp³-hybridized carbons (Fsp3) is 1.00. The molecule has 0 amide bonds. The molecule has 0 saturated heterocycles. The largest absolute Gasteiger partial charge is 0.327 e. The summed E-state index contributed by atoms with van der Waals surface area (Å²) in [4.78, 5) is 0. The van der Waals surface area contributed by atoms with E-state index < -0.39 is 10.2 Å². The highest BCUT2D eigenvalue weighted by Crippen LogP contribution is 2.22. The number of rotatable bonds is 3. The van der Waals surface area contributed by atoms with Gasteiger partial charge >= 0.3 is 0 Å². The van der Waals surface area contributed by atoms with E-state index in [1.165, 1.54) is 0 Å². The van der Waals surface area contributed by atoms with E-state index in [9.17, 15) is 8.42 Å². The summed E-state index contributed by atoms with van der Waals surface area (Å²) >= 11 is 0. The van der Waals surface area contributed by atoms with E-state index in [0.717, 1.165) is 19.3 Å². The molecule has 0 aliphatic heterocycles. The first kappa shape index (κ1) is 9.91. The van der Waals surface area contributed by atoms with Crippen molar-refractivity contribution in [1.29, 1.82) is 0 Å². The molecule has 0 aromatic carbocycles. The molecule has 2 unspecified atom stereocenters. The normalized spacial score (nSPS) is 30.8. The maximum atomic E-state index is 10.5. The molecule has 0 aromatic heterocycles. The highest BCUT2D eigenvalue weighted by Gasteiger charge is 2.24. The SMILES string of the molecule is NC1CCCC1CNS(N)(=O)=O. The van der Waals surface area contributed by atoms with Gasteiger partial charge in [0.25, 0.3) is 10.2 Å². The van der Waals surface area contributed by atoms with E-state index in [0.29, 0.717) is 6.54 Å². The molecular weight excluding hydrogens is 178 g/mol. The zero-order valence-electron chi connectivity index (χ0n) is 6.86. The molecule has 0 heterocycles. The van der Waals surface area contributed by atoms with Crippen molar-refractivity contribution >= 4 is 10.2 Å². The lowest BCUT2D eigenvalue weighted by Crippen LogP contribution is -2.38. The predicted molar refractivity (Wildman–Crippen MR) is 46.4 cm³/mol. The van der Waals surface area contributed by atoms with Crippen LogP contribution in [-0.4, -0.2) is 21.0 Å². The molecule has 0 aromatic rings. The van der Waals surface area contributed by atoms with Crippen molar-refractivity contribution < 1.29 is 8.42 Å².